The Hall–Kier alpha value is -3.07. The van der Waals surface area contributed by atoms with Crippen LogP contribution in [-0.2, 0) is 16.0 Å². The number of primary amides is 2. The fourth-order valence-electron chi connectivity index (χ4n) is 1.97. The number of hydrogen-bond acceptors (Lipinski definition) is 4. The molecule has 1 atom stereocenters. The van der Waals surface area contributed by atoms with E-state index in [2.05, 4.69) is 21.8 Å². The van der Waals surface area contributed by atoms with Crippen LogP contribution in [0.4, 0.5) is 4.79 Å². The molecule has 1 heterocycles. The molecule has 2 aromatic rings. The number of aliphatic carboxylic acids is 1. The van der Waals surface area contributed by atoms with Gasteiger partial charge in [0.2, 0.25) is 5.91 Å². The fourth-order valence-corrected chi connectivity index (χ4v) is 1.97. The van der Waals surface area contributed by atoms with Crippen molar-refractivity contribution < 1.29 is 19.5 Å². The number of H-pyrrole nitrogens is 1. The minimum atomic E-state index is -1.08. The molecule has 1 aromatic carbocycles. The minimum absolute atomic E-state index is 0.213. The molecular weight excluding hydrogens is 302 g/mol. The molecule has 1 aromatic heterocycles. The van der Waals surface area contributed by atoms with E-state index in [1.165, 1.54) is 0 Å². The number of carbonyl (C=O) groups excluding carboxylic acids is 2. The Morgan fingerprint density at radius 3 is 2.39 bits per heavy atom. The maximum Gasteiger partial charge on any atom is 0.326 e. The van der Waals surface area contributed by atoms with Gasteiger partial charge in [-0.3, -0.25) is 4.79 Å². The summed E-state index contributed by atoms with van der Waals surface area (Å²) in [5.41, 5.74) is 15.5. The molecule has 9 nitrogen and oxygen atoms in total. The van der Waals surface area contributed by atoms with Crippen LogP contribution in [0.15, 0.2) is 30.5 Å². The van der Waals surface area contributed by atoms with Gasteiger partial charge in [-0.1, -0.05) is 18.2 Å². The zero-order valence-electron chi connectivity index (χ0n) is 12.3. The maximum absolute atomic E-state index is 11.2. The van der Waals surface area contributed by atoms with Crippen LogP contribution in [0.25, 0.3) is 10.9 Å². The molecule has 0 radical (unpaired) electrons. The Morgan fingerprint density at radius 1 is 1.22 bits per heavy atom. The molecule has 0 saturated carbocycles. The van der Waals surface area contributed by atoms with Crippen LogP contribution in [0.3, 0.4) is 0 Å². The Kier molecular flexibility index (Phi) is 6.56. The minimum Gasteiger partial charge on any atom is -0.480 e. The van der Waals surface area contributed by atoms with E-state index < -0.39 is 23.9 Å². The lowest BCUT2D eigenvalue weighted by molar-refractivity contribution is -0.141. The van der Waals surface area contributed by atoms with E-state index >= 15 is 0 Å². The summed E-state index contributed by atoms with van der Waals surface area (Å²) in [5.74, 6) is -1.56. The molecular formula is C14H19N5O4. The van der Waals surface area contributed by atoms with Gasteiger partial charge in [0.05, 0.1) is 6.54 Å². The van der Waals surface area contributed by atoms with Crippen molar-refractivity contribution >= 4 is 28.8 Å². The van der Waals surface area contributed by atoms with Crippen molar-refractivity contribution in [2.75, 3.05) is 6.54 Å². The smallest absolute Gasteiger partial charge is 0.326 e. The number of benzene rings is 1. The van der Waals surface area contributed by atoms with Gasteiger partial charge >= 0.3 is 12.0 Å². The number of nitrogens with two attached hydrogens (primary N) is 3. The molecule has 23 heavy (non-hydrogen) atoms. The Bertz CT molecular complexity index is 693. The molecule has 0 unspecified atom stereocenters. The first kappa shape index (κ1) is 18.0. The number of nitrogens with one attached hydrogen (secondary N) is 2. The van der Waals surface area contributed by atoms with Crippen molar-refractivity contribution in [2.45, 2.75) is 12.5 Å². The molecule has 0 saturated heterocycles. The van der Waals surface area contributed by atoms with Crippen molar-refractivity contribution in [3.63, 3.8) is 0 Å². The van der Waals surface area contributed by atoms with Gasteiger partial charge in [-0.2, -0.15) is 0 Å². The Morgan fingerprint density at radius 2 is 1.83 bits per heavy atom. The molecule has 124 valence electrons. The predicted molar refractivity (Wildman–Crippen MR) is 84.4 cm³/mol. The van der Waals surface area contributed by atoms with Crippen molar-refractivity contribution in [3.8, 4) is 0 Å². The number of carboxylic acids is 1. The third-order valence-corrected chi connectivity index (χ3v) is 2.92. The number of fused-ring (bicyclic) bond motifs is 1. The molecule has 2 rings (SSSR count). The number of carboxylic acid groups (broad SMARTS) is 1. The molecule has 0 aliphatic heterocycles. The second-order valence-corrected chi connectivity index (χ2v) is 4.63. The maximum atomic E-state index is 11.2. The van der Waals surface area contributed by atoms with Crippen molar-refractivity contribution in [1.82, 2.24) is 10.3 Å². The topological polar surface area (TPSA) is 177 Å². The number of rotatable bonds is 5. The van der Waals surface area contributed by atoms with E-state index in [-0.39, 0.29) is 13.0 Å². The quantitative estimate of drug-likeness (QED) is 0.424. The van der Waals surface area contributed by atoms with Gasteiger partial charge in [0.25, 0.3) is 0 Å². The fraction of sp³-hybridized carbons (Fsp3) is 0.214. The van der Waals surface area contributed by atoms with E-state index in [9.17, 15) is 9.59 Å². The summed E-state index contributed by atoms with van der Waals surface area (Å²) in [6.45, 7) is -0.225. The van der Waals surface area contributed by atoms with E-state index in [1.807, 2.05) is 24.3 Å². The molecule has 0 bridgehead atoms. The van der Waals surface area contributed by atoms with Crippen LogP contribution < -0.4 is 22.5 Å². The van der Waals surface area contributed by atoms with Gasteiger partial charge in [0.15, 0.2) is 0 Å². The van der Waals surface area contributed by atoms with Crippen LogP contribution in [0.2, 0.25) is 0 Å². The molecule has 9 heteroatoms. The summed E-state index contributed by atoms with van der Waals surface area (Å²) < 4.78 is 0. The van der Waals surface area contributed by atoms with Gasteiger partial charge in [0, 0.05) is 23.5 Å². The zero-order valence-corrected chi connectivity index (χ0v) is 12.3. The average Bonchev–Trinajstić information content (AvgIpc) is 2.89. The number of hydrogen-bond donors (Lipinski definition) is 6. The largest absolute Gasteiger partial charge is 0.480 e. The number of aromatic amines is 1. The zero-order chi connectivity index (χ0) is 17.4. The third kappa shape index (κ3) is 5.67. The van der Waals surface area contributed by atoms with Gasteiger partial charge < -0.3 is 32.6 Å². The molecule has 0 spiro atoms. The van der Waals surface area contributed by atoms with Gasteiger partial charge in [-0.05, 0) is 11.6 Å². The highest BCUT2D eigenvalue weighted by atomic mass is 16.4. The second kappa shape index (κ2) is 8.39. The standard InChI is InChI=1S/C13H15N3O3.CH4N2O/c14-6-12(17)16-11(13(18)19)5-8-7-15-10-4-2-1-3-9(8)10;2-1(3)4/h1-4,7,11,15H,5-6,14H2,(H,16,17)(H,18,19);(H4,2,3,4)/t11-;/m0./s1. The summed E-state index contributed by atoms with van der Waals surface area (Å²) in [4.78, 5) is 34.4. The normalized spacial score (nSPS) is 11.2. The lowest BCUT2D eigenvalue weighted by Gasteiger charge is -2.13. The van der Waals surface area contributed by atoms with Crippen LogP contribution in [-0.4, -0.2) is 40.6 Å². The highest BCUT2D eigenvalue weighted by Gasteiger charge is 2.21. The van der Waals surface area contributed by atoms with Gasteiger partial charge in [0.1, 0.15) is 6.04 Å². The second-order valence-electron chi connectivity index (χ2n) is 4.63. The number of para-hydroxylation sites is 1. The van der Waals surface area contributed by atoms with Gasteiger partial charge in [-0.15, -0.1) is 0 Å². The number of aromatic nitrogens is 1. The summed E-state index contributed by atoms with van der Waals surface area (Å²) in [5, 5.41) is 12.5. The number of amides is 3. The summed E-state index contributed by atoms with van der Waals surface area (Å²) in [6, 6.07) is 5.79. The van der Waals surface area contributed by atoms with Crippen molar-refractivity contribution in [3.05, 3.63) is 36.0 Å². The number of carbonyl (C=O) groups is 3. The Labute approximate surface area is 131 Å². The van der Waals surface area contributed by atoms with Crippen LogP contribution in [0, 0.1) is 0 Å². The molecule has 9 N–H and O–H groups in total. The SMILES string of the molecule is NC(N)=O.NCC(=O)N[C@@H](Cc1c[nH]c2ccccc12)C(=O)O. The summed E-state index contributed by atoms with van der Waals surface area (Å²) in [7, 11) is 0. The Balaban J connectivity index is 0.000000593. The first-order valence-electron chi connectivity index (χ1n) is 6.67. The van der Waals surface area contributed by atoms with E-state index in [0.717, 1.165) is 16.5 Å². The lowest BCUT2D eigenvalue weighted by Crippen LogP contribution is -2.44. The first-order valence-corrected chi connectivity index (χ1v) is 6.67. The summed E-state index contributed by atoms with van der Waals surface area (Å²) >= 11 is 0. The number of urea groups is 1. The monoisotopic (exact) mass is 321 g/mol. The lowest BCUT2D eigenvalue weighted by atomic mass is 10.1. The van der Waals surface area contributed by atoms with Crippen molar-refractivity contribution in [1.29, 1.82) is 0 Å². The summed E-state index contributed by atoms with van der Waals surface area (Å²) in [6.07, 6.45) is 1.97. The molecule has 3 amide bonds. The third-order valence-electron chi connectivity index (χ3n) is 2.92. The molecule has 0 aliphatic carbocycles. The van der Waals surface area contributed by atoms with Crippen molar-refractivity contribution in [2.24, 2.45) is 17.2 Å². The predicted octanol–water partition coefficient (Wildman–Crippen LogP) is -0.738. The molecule has 0 fully saturated rings. The molecule has 0 aliphatic rings. The average molecular weight is 321 g/mol. The van der Waals surface area contributed by atoms with E-state index in [4.69, 9.17) is 15.6 Å². The van der Waals surface area contributed by atoms with Crippen LogP contribution >= 0.6 is 0 Å². The highest BCUT2D eigenvalue weighted by Crippen LogP contribution is 2.19. The van der Waals surface area contributed by atoms with Gasteiger partial charge in [-0.25, -0.2) is 9.59 Å². The highest BCUT2D eigenvalue weighted by molar-refractivity contribution is 5.87. The van der Waals surface area contributed by atoms with E-state index in [1.54, 1.807) is 6.20 Å². The van der Waals surface area contributed by atoms with Crippen LogP contribution in [0.5, 0.6) is 0 Å². The van der Waals surface area contributed by atoms with Crippen LogP contribution in [0.1, 0.15) is 5.56 Å². The first-order chi connectivity index (χ1) is 10.8. The van der Waals surface area contributed by atoms with E-state index in [0.29, 0.717) is 0 Å².